The summed E-state index contributed by atoms with van der Waals surface area (Å²) < 4.78 is 0. The molecule has 0 aromatic carbocycles. The van der Waals surface area contributed by atoms with Crippen molar-refractivity contribution in [2.24, 2.45) is 5.73 Å². The van der Waals surface area contributed by atoms with E-state index in [1.807, 2.05) is 27.7 Å². The zero-order valence-corrected chi connectivity index (χ0v) is 10.6. The fraction of sp³-hybridized carbons (Fsp3) is 0.818. The highest BCUT2D eigenvalue weighted by atomic mass is 16.2. The van der Waals surface area contributed by atoms with Gasteiger partial charge in [-0.3, -0.25) is 9.59 Å². The van der Waals surface area contributed by atoms with E-state index in [0.717, 1.165) is 0 Å². The maximum Gasteiger partial charge on any atom is 0.234 e. The number of hydrogen-bond acceptors (Lipinski definition) is 3. The average Bonchev–Trinajstić information content (AvgIpc) is 2.10. The summed E-state index contributed by atoms with van der Waals surface area (Å²) in [6.07, 6.45) is 0.880. The standard InChI is InChI=1S/C11H23N3O2/c1-8(5-6-9(12)15)14-10(16)7-13-11(2,3)4/h8,13H,5-7H2,1-4H3,(H2,12,15)(H,14,16)/t8-/m1/s1. The second-order valence-electron chi connectivity index (χ2n) is 5.08. The zero-order valence-electron chi connectivity index (χ0n) is 10.6. The van der Waals surface area contributed by atoms with Crippen LogP contribution in [-0.2, 0) is 9.59 Å². The summed E-state index contributed by atoms with van der Waals surface area (Å²) in [7, 11) is 0. The summed E-state index contributed by atoms with van der Waals surface area (Å²) in [6, 6.07) is -0.0261. The molecule has 0 aliphatic rings. The molecule has 0 aliphatic carbocycles. The van der Waals surface area contributed by atoms with Crippen molar-refractivity contribution in [1.29, 1.82) is 0 Å². The molecule has 0 heterocycles. The summed E-state index contributed by atoms with van der Waals surface area (Å²) in [5.74, 6) is -0.402. The quantitative estimate of drug-likeness (QED) is 0.606. The molecule has 16 heavy (non-hydrogen) atoms. The lowest BCUT2D eigenvalue weighted by Crippen LogP contribution is -2.45. The van der Waals surface area contributed by atoms with Gasteiger partial charge in [0.1, 0.15) is 0 Å². The molecule has 0 rings (SSSR count). The van der Waals surface area contributed by atoms with E-state index in [-0.39, 0.29) is 29.9 Å². The van der Waals surface area contributed by atoms with Gasteiger partial charge in [0.05, 0.1) is 6.54 Å². The molecule has 0 saturated carbocycles. The first-order valence-corrected chi connectivity index (χ1v) is 5.53. The second-order valence-corrected chi connectivity index (χ2v) is 5.08. The van der Waals surface area contributed by atoms with Crippen LogP contribution in [0.15, 0.2) is 0 Å². The molecule has 0 bridgehead atoms. The van der Waals surface area contributed by atoms with E-state index in [1.54, 1.807) is 0 Å². The highest BCUT2D eigenvalue weighted by molar-refractivity contribution is 5.78. The molecule has 0 aromatic heterocycles. The molecule has 0 aliphatic heterocycles. The van der Waals surface area contributed by atoms with E-state index < -0.39 is 0 Å². The highest BCUT2D eigenvalue weighted by Gasteiger charge is 2.13. The van der Waals surface area contributed by atoms with Gasteiger partial charge in [-0.1, -0.05) is 0 Å². The third kappa shape index (κ3) is 9.45. The van der Waals surface area contributed by atoms with E-state index in [4.69, 9.17) is 5.73 Å². The molecule has 0 fully saturated rings. The van der Waals surface area contributed by atoms with Gasteiger partial charge in [0.2, 0.25) is 11.8 Å². The first-order chi connectivity index (χ1) is 7.20. The predicted octanol–water partition coefficient (Wildman–Crippen LogP) is 0.145. The van der Waals surface area contributed by atoms with Crippen molar-refractivity contribution in [3.63, 3.8) is 0 Å². The van der Waals surface area contributed by atoms with Gasteiger partial charge < -0.3 is 16.4 Å². The minimum atomic E-state index is -0.339. The molecule has 0 unspecified atom stereocenters. The van der Waals surface area contributed by atoms with Crippen molar-refractivity contribution in [2.45, 2.75) is 52.1 Å². The number of carbonyl (C=O) groups excluding carboxylic acids is 2. The number of carbonyl (C=O) groups is 2. The lowest BCUT2D eigenvalue weighted by molar-refractivity contribution is -0.122. The number of primary amides is 1. The zero-order chi connectivity index (χ0) is 12.8. The van der Waals surface area contributed by atoms with E-state index >= 15 is 0 Å². The minimum absolute atomic E-state index is 0.0261. The second kappa shape index (κ2) is 6.48. The molecular formula is C11H23N3O2. The first kappa shape index (κ1) is 14.9. The molecular weight excluding hydrogens is 206 g/mol. The maximum atomic E-state index is 11.5. The fourth-order valence-electron chi connectivity index (χ4n) is 1.10. The van der Waals surface area contributed by atoms with E-state index in [9.17, 15) is 9.59 Å². The first-order valence-electron chi connectivity index (χ1n) is 5.53. The number of nitrogens with two attached hydrogens (primary N) is 1. The molecule has 2 amide bonds. The summed E-state index contributed by atoms with van der Waals surface area (Å²) in [6.45, 7) is 8.13. The Morgan fingerprint density at radius 1 is 1.31 bits per heavy atom. The Labute approximate surface area is 97.2 Å². The van der Waals surface area contributed by atoms with Gasteiger partial charge in [0, 0.05) is 18.0 Å². The normalized spacial score (nSPS) is 13.2. The summed E-state index contributed by atoms with van der Waals surface area (Å²) in [4.78, 5) is 22.0. The predicted molar refractivity (Wildman–Crippen MR) is 63.8 cm³/mol. The van der Waals surface area contributed by atoms with Crippen LogP contribution in [0.2, 0.25) is 0 Å². The van der Waals surface area contributed by atoms with Crippen LogP contribution >= 0.6 is 0 Å². The van der Waals surface area contributed by atoms with Crippen LogP contribution in [0, 0.1) is 0 Å². The number of hydrogen-bond donors (Lipinski definition) is 3. The highest BCUT2D eigenvalue weighted by Crippen LogP contribution is 1.98. The third-order valence-electron chi connectivity index (χ3n) is 2.01. The van der Waals surface area contributed by atoms with Crippen LogP contribution in [-0.4, -0.2) is 29.9 Å². The van der Waals surface area contributed by atoms with Crippen molar-refractivity contribution in [3.05, 3.63) is 0 Å². The number of nitrogens with one attached hydrogen (secondary N) is 2. The number of rotatable bonds is 6. The largest absolute Gasteiger partial charge is 0.370 e. The lowest BCUT2D eigenvalue weighted by atomic mass is 10.1. The smallest absolute Gasteiger partial charge is 0.234 e. The van der Waals surface area contributed by atoms with Crippen molar-refractivity contribution < 1.29 is 9.59 Å². The Hall–Kier alpha value is -1.10. The number of amides is 2. The molecule has 0 aromatic rings. The van der Waals surface area contributed by atoms with Gasteiger partial charge >= 0.3 is 0 Å². The van der Waals surface area contributed by atoms with Crippen LogP contribution in [0.5, 0.6) is 0 Å². The van der Waals surface area contributed by atoms with Crippen LogP contribution in [0.3, 0.4) is 0 Å². The molecule has 1 atom stereocenters. The Kier molecular flexibility index (Phi) is 6.03. The van der Waals surface area contributed by atoms with Gasteiger partial charge in [-0.15, -0.1) is 0 Å². The SMILES string of the molecule is C[C@H](CCC(N)=O)NC(=O)CNC(C)(C)C. The summed E-state index contributed by atoms with van der Waals surface area (Å²) in [5, 5.41) is 5.89. The topological polar surface area (TPSA) is 84.2 Å². The molecule has 0 spiro atoms. The van der Waals surface area contributed by atoms with E-state index in [1.165, 1.54) is 0 Å². The summed E-state index contributed by atoms with van der Waals surface area (Å²) >= 11 is 0. The van der Waals surface area contributed by atoms with Crippen molar-refractivity contribution in [2.75, 3.05) is 6.54 Å². The Morgan fingerprint density at radius 3 is 2.31 bits per heavy atom. The van der Waals surface area contributed by atoms with Crippen molar-refractivity contribution in [1.82, 2.24) is 10.6 Å². The average molecular weight is 229 g/mol. The van der Waals surface area contributed by atoms with Gasteiger partial charge in [-0.05, 0) is 34.1 Å². The van der Waals surface area contributed by atoms with Crippen LogP contribution < -0.4 is 16.4 Å². The Morgan fingerprint density at radius 2 is 1.88 bits per heavy atom. The van der Waals surface area contributed by atoms with Gasteiger partial charge in [0.15, 0.2) is 0 Å². The van der Waals surface area contributed by atoms with E-state index in [0.29, 0.717) is 12.8 Å². The lowest BCUT2D eigenvalue weighted by Gasteiger charge is -2.21. The molecule has 94 valence electrons. The molecule has 0 saturated heterocycles. The van der Waals surface area contributed by atoms with E-state index in [2.05, 4.69) is 10.6 Å². The minimum Gasteiger partial charge on any atom is -0.370 e. The maximum absolute atomic E-state index is 11.5. The fourth-order valence-corrected chi connectivity index (χ4v) is 1.10. The Bertz CT molecular complexity index is 246. The van der Waals surface area contributed by atoms with Crippen LogP contribution in [0.25, 0.3) is 0 Å². The third-order valence-corrected chi connectivity index (χ3v) is 2.01. The van der Waals surface area contributed by atoms with Gasteiger partial charge in [0.25, 0.3) is 0 Å². The van der Waals surface area contributed by atoms with Crippen LogP contribution in [0.1, 0.15) is 40.5 Å². The van der Waals surface area contributed by atoms with Gasteiger partial charge in [-0.25, -0.2) is 0 Å². The van der Waals surface area contributed by atoms with Crippen molar-refractivity contribution >= 4 is 11.8 Å². The Balaban J connectivity index is 3.74. The monoisotopic (exact) mass is 229 g/mol. The summed E-state index contributed by atoms with van der Waals surface area (Å²) in [5.41, 5.74) is 4.95. The van der Waals surface area contributed by atoms with Crippen LogP contribution in [0.4, 0.5) is 0 Å². The molecule has 4 N–H and O–H groups in total. The molecule has 5 heteroatoms. The van der Waals surface area contributed by atoms with Gasteiger partial charge in [-0.2, -0.15) is 0 Å². The van der Waals surface area contributed by atoms with Crippen molar-refractivity contribution in [3.8, 4) is 0 Å². The molecule has 5 nitrogen and oxygen atoms in total. The molecule has 0 radical (unpaired) electrons.